The lowest BCUT2D eigenvalue weighted by Crippen LogP contribution is -1.94. The smallest absolute Gasteiger partial charge is 0.119 e. The van der Waals surface area contributed by atoms with E-state index in [-0.39, 0.29) is 0 Å². The van der Waals surface area contributed by atoms with Gasteiger partial charge in [0.1, 0.15) is 12.4 Å². The Hall–Kier alpha value is -1.44. The van der Waals surface area contributed by atoms with Crippen LogP contribution in [0.25, 0.3) is 0 Å². The Morgan fingerprint density at radius 2 is 1.92 bits per heavy atom. The van der Waals surface area contributed by atoms with Gasteiger partial charge in [-0.2, -0.15) is 0 Å². The van der Waals surface area contributed by atoms with E-state index in [1.807, 2.05) is 44.2 Å². The highest BCUT2D eigenvalue weighted by atomic mass is 16.5. The van der Waals surface area contributed by atoms with Gasteiger partial charge in [0.15, 0.2) is 0 Å². The van der Waals surface area contributed by atoms with Gasteiger partial charge in [-0.05, 0) is 44.2 Å². The maximum Gasteiger partial charge on any atom is 0.119 e. The molecule has 0 spiro atoms. The second kappa shape index (κ2) is 4.55. The van der Waals surface area contributed by atoms with Crippen LogP contribution in [0.2, 0.25) is 0 Å². The van der Waals surface area contributed by atoms with Crippen LogP contribution in [0, 0.1) is 0 Å². The van der Waals surface area contributed by atoms with E-state index in [4.69, 9.17) is 10.5 Å². The molecule has 1 rings (SSSR count). The number of rotatable bonds is 3. The fourth-order valence-electron chi connectivity index (χ4n) is 0.869. The molecule has 13 heavy (non-hydrogen) atoms. The minimum atomic E-state index is 0.617. The number of ether oxygens (including phenoxy) is 1. The van der Waals surface area contributed by atoms with Crippen molar-refractivity contribution in [3.8, 4) is 5.75 Å². The average molecular weight is 177 g/mol. The molecule has 2 nitrogen and oxygen atoms in total. The second-order valence-corrected chi connectivity index (χ2v) is 3.16. The fraction of sp³-hybridized carbons (Fsp3) is 0.273. The first kappa shape index (κ1) is 9.65. The molecule has 0 bridgehead atoms. The third-order valence-electron chi connectivity index (χ3n) is 1.62. The maximum atomic E-state index is 5.54. The first-order valence-corrected chi connectivity index (χ1v) is 4.30. The van der Waals surface area contributed by atoms with Gasteiger partial charge in [0.05, 0.1) is 0 Å². The summed E-state index contributed by atoms with van der Waals surface area (Å²) in [7, 11) is 0. The predicted molar refractivity (Wildman–Crippen MR) is 55.8 cm³/mol. The molecule has 70 valence electrons. The van der Waals surface area contributed by atoms with Gasteiger partial charge < -0.3 is 10.5 Å². The Morgan fingerprint density at radius 3 is 2.46 bits per heavy atom. The van der Waals surface area contributed by atoms with E-state index >= 15 is 0 Å². The van der Waals surface area contributed by atoms with Crippen molar-refractivity contribution in [2.45, 2.75) is 13.8 Å². The summed E-state index contributed by atoms with van der Waals surface area (Å²) in [5.74, 6) is 0.853. The van der Waals surface area contributed by atoms with Crippen molar-refractivity contribution in [2.75, 3.05) is 12.3 Å². The lowest BCUT2D eigenvalue weighted by atomic mass is 10.3. The van der Waals surface area contributed by atoms with Gasteiger partial charge in [-0.15, -0.1) is 0 Å². The summed E-state index contributed by atoms with van der Waals surface area (Å²) in [6.07, 6.45) is 2.04. The van der Waals surface area contributed by atoms with Crippen LogP contribution in [-0.4, -0.2) is 6.61 Å². The molecule has 0 radical (unpaired) electrons. The highest BCUT2D eigenvalue weighted by molar-refractivity contribution is 5.41. The molecule has 0 aliphatic carbocycles. The summed E-state index contributed by atoms with van der Waals surface area (Å²) in [6.45, 7) is 4.71. The Morgan fingerprint density at radius 1 is 1.31 bits per heavy atom. The number of nitrogen functional groups attached to an aromatic ring is 1. The summed E-state index contributed by atoms with van der Waals surface area (Å²) in [6, 6.07) is 7.40. The maximum absolute atomic E-state index is 5.54. The number of anilines is 1. The Kier molecular flexibility index (Phi) is 3.38. The quantitative estimate of drug-likeness (QED) is 0.569. The number of nitrogens with two attached hydrogens (primary N) is 1. The first-order valence-electron chi connectivity index (χ1n) is 4.30. The van der Waals surface area contributed by atoms with Crippen LogP contribution in [0.3, 0.4) is 0 Å². The summed E-state index contributed by atoms with van der Waals surface area (Å²) in [4.78, 5) is 0. The molecule has 0 atom stereocenters. The van der Waals surface area contributed by atoms with Crippen LogP contribution in [0.1, 0.15) is 13.8 Å². The molecule has 0 unspecified atom stereocenters. The Balaban J connectivity index is 2.46. The van der Waals surface area contributed by atoms with Crippen LogP contribution in [0.15, 0.2) is 35.9 Å². The van der Waals surface area contributed by atoms with Crippen molar-refractivity contribution in [2.24, 2.45) is 0 Å². The molecule has 2 N–H and O–H groups in total. The average Bonchev–Trinajstić information content (AvgIpc) is 2.08. The highest BCUT2D eigenvalue weighted by Crippen LogP contribution is 2.12. The summed E-state index contributed by atoms with van der Waals surface area (Å²) >= 11 is 0. The lowest BCUT2D eigenvalue weighted by Gasteiger charge is -2.03. The molecule has 0 amide bonds. The Labute approximate surface area is 79.0 Å². The van der Waals surface area contributed by atoms with E-state index in [1.54, 1.807) is 0 Å². The molecule has 0 aliphatic rings. The van der Waals surface area contributed by atoms with Gasteiger partial charge in [0.25, 0.3) is 0 Å². The summed E-state index contributed by atoms with van der Waals surface area (Å²) < 4.78 is 5.44. The molecule has 2 heteroatoms. The van der Waals surface area contributed by atoms with E-state index in [0.29, 0.717) is 6.61 Å². The van der Waals surface area contributed by atoms with E-state index in [2.05, 4.69) is 0 Å². The number of benzene rings is 1. The second-order valence-electron chi connectivity index (χ2n) is 3.16. The fourth-order valence-corrected chi connectivity index (χ4v) is 0.869. The molecular weight excluding hydrogens is 162 g/mol. The van der Waals surface area contributed by atoms with E-state index in [9.17, 15) is 0 Å². The number of hydrogen-bond donors (Lipinski definition) is 1. The zero-order valence-electron chi connectivity index (χ0n) is 8.08. The van der Waals surface area contributed by atoms with Crippen LogP contribution in [0.5, 0.6) is 5.75 Å². The molecule has 0 aromatic heterocycles. The van der Waals surface area contributed by atoms with Crippen molar-refractivity contribution >= 4 is 5.69 Å². The van der Waals surface area contributed by atoms with Crippen LogP contribution < -0.4 is 10.5 Å². The highest BCUT2D eigenvalue weighted by Gasteiger charge is 1.90. The van der Waals surface area contributed by atoms with Crippen molar-refractivity contribution in [3.63, 3.8) is 0 Å². The monoisotopic (exact) mass is 177 g/mol. The van der Waals surface area contributed by atoms with E-state index in [1.165, 1.54) is 5.57 Å². The minimum Gasteiger partial charge on any atom is -0.490 e. The molecule has 0 heterocycles. The molecule has 1 aromatic carbocycles. The third-order valence-corrected chi connectivity index (χ3v) is 1.62. The van der Waals surface area contributed by atoms with Crippen LogP contribution >= 0.6 is 0 Å². The topological polar surface area (TPSA) is 35.2 Å². The Bertz CT molecular complexity index is 283. The van der Waals surface area contributed by atoms with Crippen molar-refractivity contribution in [1.82, 2.24) is 0 Å². The molecule has 0 saturated heterocycles. The van der Waals surface area contributed by atoms with Gasteiger partial charge in [-0.25, -0.2) is 0 Å². The van der Waals surface area contributed by atoms with E-state index in [0.717, 1.165) is 11.4 Å². The molecule has 0 saturated carbocycles. The van der Waals surface area contributed by atoms with Crippen LogP contribution in [-0.2, 0) is 0 Å². The van der Waals surface area contributed by atoms with Gasteiger partial charge in [0, 0.05) is 5.69 Å². The molecular formula is C11H15NO. The first-order chi connectivity index (χ1) is 6.18. The number of allylic oxidation sites excluding steroid dienone is 1. The van der Waals surface area contributed by atoms with Crippen molar-refractivity contribution in [1.29, 1.82) is 0 Å². The van der Waals surface area contributed by atoms with Gasteiger partial charge in [0.2, 0.25) is 0 Å². The van der Waals surface area contributed by atoms with E-state index < -0.39 is 0 Å². The van der Waals surface area contributed by atoms with Crippen LogP contribution in [0.4, 0.5) is 5.69 Å². The molecule has 0 fully saturated rings. The third kappa shape index (κ3) is 3.65. The zero-order chi connectivity index (χ0) is 9.68. The summed E-state index contributed by atoms with van der Waals surface area (Å²) in [5, 5.41) is 0. The largest absolute Gasteiger partial charge is 0.490 e. The normalized spacial score (nSPS) is 9.38. The molecule has 0 aliphatic heterocycles. The molecule has 1 aromatic rings. The standard InChI is InChI=1S/C11H15NO/c1-9(2)7-8-13-11-5-3-10(12)4-6-11/h3-7H,8,12H2,1-2H3. The number of hydrogen-bond acceptors (Lipinski definition) is 2. The van der Waals surface area contributed by atoms with Gasteiger partial charge in [-0.1, -0.05) is 5.57 Å². The lowest BCUT2D eigenvalue weighted by molar-refractivity contribution is 0.362. The minimum absolute atomic E-state index is 0.617. The zero-order valence-corrected chi connectivity index (χ0v) is 8.08. The van der Waals surface area contributed by atoms with Gasteiger partial charge in [-0.3, -0.25) is 0 Å². The SMILES string of the molecule is CC(C)=CCOc1ccc(N)cc1. The van der Waals surface area contributed by atoms with Gasteiger partial charge >= 0.3 is 0 Å². The summed E-state index contributed by atoms with van der Waals surface area (Å²) in [5.41, 5.74) is 7.55. The van der Waals surface area contributed by atoms with Crippen molar-refractivity contribution < 1.29 is 4.74 Å². The van der Waals surface area contributed by atoms with Crippen molar-refractivity contribution in [3.05, 3.63) is 35.9 Å². The predicted octanol–water partition coefficient (Wildman–Crippen LogP) is 2.61.